The Kier molecular flexibility index (Phi) is 6.50. The Bertz CT molecular complexity index is 1310. The third-order valence-electron chi connectivity index (χ3n) is 5.66. The summed E-state index contributed by atoms with van der Waals surface area (Å²) >= 11 is 0. The zero-order valence-electron chi connectivity index (χ0n) is 19.0. The summed E-state index contributed by atoms with van der Waals surface area (Å²) in [6.45, 7) is 2.29. The van der Waals surface area contributed by atoms with Gasteiger partial charge in [-0.3, -0.25) is 24.6 Å². The van der Waals surface area contributed by atoms with E-state index in [0.717, 1.165) is 4.90 Å². The van der Waals surface area contributed by atoms with Crippen LogP contribution in [-0.2, 0) is 9.59 Å². The molecule has 1 aliphatic heterocycles. The van der Waals surface area contributed by atoms with E-state index in [1.165, 1.54) is 25.3 Å². The van der Waals surface area contributed by atoms with Crippen LogP contribution in [0.2, 0.25) is 0 Å². The monoisotopic (exact) mass is 474 g/mol. The van der Waals surface area contributed by atoms with Crippen molar-refractivity contribution in [1.29, 1.82) is 0 Å². The minimum Gasteiger partial charge on any atom is -0.507 e. The van der Waals surface area contributed by atoms with Gasteiger partial charge in [0.25, 0.3) is 17.4 Å². The molecule has 1 atom stereocenters. The predicted molar refractivity (Wildman–Crippen MR) is 128 cm³/mol. The van der Waals surface area contributed by atoms with Crippen molar-refractivity contribution >= 4 is 28.8 Å². The number of nitro groups is 1. The molecule has 0 bridgehead atoms. The molecule has 3 aromatic carbocycles. The molecule has 0 aliphatic carbocycles. The number of benzene rings is 3. The summed E-state index contributed by atoms with van der Waals surface area (Å²) in [5, 5.41) is 23.0. The van der Waals surface area contributed by atoms with Gasteiger partial charge in [0.15, 0.2) is 0 Å². The van der Waals surface area contributed by atoms with Gasteiger partial charge in [0, 0.05) is 17.3 Å². The van der Waals surface area contributed by atoms with E-state index in [-0.39, 0.29) is 22.4 Å². The zero-order valence-corrected chi connectivity index (χ0v) is 19.0. The Morgan fingerprint density at radius 1 is 1.00 bits per heavy atom. The molecular weight excluding hydrogens is 452 g/mol. The molecule has 0 unspecified atom stereocenters. The predicted octanol–water partition coefficient (Wildman–Crippen LogP) is 4.63. The lowest BCUT2D eigenvalue weighted by Gasteiger charge is -2.25. The molecule has 0 spiro atoms. The van der Waals surface area contributed by atoms with Crippen molar-refractivity contribution in [3.63, 3.8) is 0 Å². The Hall–Kier alpha value is -4.66. The number of anilines is 1. The summed E-state index contributed by atoms with van der Waals surface area (Å²) < 4.78 is 10.6. The van der Waals surface area contributed by atoms with Crippen molar-refractivity contribution in [2.75, 3.05) is 18.6 Å². The van der Waals surface area contributed by atoms with Crippen LogP contribution in [0.25, 0.3) is 5.76 Å². The average Bonchev–Trinajstić information content (AvgIpc) is 3.14. The van der Waals surface area contributed by atoms with E-state index in [1.807, 2.05) is 6.92 Å². The highest BCUT2D eigenvalue weighted by Gasteiger charge is 2.48. The summed E-state index contributed by atoms with van der Waals surface area (Å²) in [5.41, 5.74) is 0.159. The third-order valence-corrected chi connectivity index (χ3v) is 5.66. The van der Waals surface area contributed by atoms with Crippen LogP contribution < -0.4 is 14.4 Å². The van der Waals surface area contributed by atoms with E-state index >= 15 is 0 Å². The number of aliphatic hydroxyl groups is 1. The van der Waals surface area contributed by atoms with Crippen molar-refractivity contribution in [3.05, 3.63) is 99.6 Å². The van der Waals surface area contributed by atoms with Crippen molar-refractivity contribution in [3.8, 4) is 11.5 Å². The molecule has 0 radical (unpaired) electrons. The van der Waals surface area contributed by atoms with Gasteiger partial charge in [-0.25, -0.2) is 0 Å². The van der Waals surface area contributed by atoms with E-state index in [2.05, 4.69) is 0 Å². The molecule has 0 saturated carbocycles. The number of ketones is 1. The number of hydrogen-bond donors (Lipinski definition) is 1. The maximum atomic E-state index is 13.2. The molecular formula is C26H22N2O7. The normalized spacial score (nSPS) is 16.9. The second-order valence-electron chi connectivity index (χ2n) is 7.64. The number of hydrogen-bond acceptors (Lipinski definition) is 7. The van der Waals surface area contributed by atoms with Crippen LogP contribution in [0.4, 0.5) is 11.4 Å². The second-order valence-corrected chi connectivity index (χ2v) is 7.64. The van der Waals surface area contributed by atoms with Crippen LogP contribution in [0, 0.1) is 10.1 Å². The van der Waals surface area contributed by atoms with Crippen LogP contribution >= 0.6 is 0 Å². The number of nitrogens with zero attached hydrogens (tertiary/aromatic N) is 2. The molecule has 0 aromatic heterocycles. The SMILES string of the molecule is CCOc1ccc(C(O)=C2C(=O)C(=O)N(c3ccc(OC)cc3)[C@H]2c2ccccc2[N+](=O)[O-])cc1. The van der Waals surface area contributed by atoms with E-state index in [1.54, 1.807) is 54.6 Å². The van der Waals surface area contributed by atoms with Crippen LogP contribution in [0.15, 0.2) is 78.4 Å². The third kappa shape index (κ3) is 4.31. The Morgan fingerprint density at radius 2 is 1.63 bits per heavy atom. The summed E-state index contributed by atoms with van der Waals surface area (Å²) in [7, 11) is 1.49. The molecule has 1 aliphatic rings. The summed E-state index contributed by atoms with van der Waals surface area (Å²) in [6, 6.07) is 17.3. The molecule has 9 heteroatoms. The van der Waals surface area contributed by atoms with Crippen LogP contribution in [0.5, 0.6) is 11.5 Å². The lowest BCUT2D eigenvalue weighted by molar-refractivity contribution is -0.385. The minimum atomic E-state index is -1.23. The molecule has 9 nitrogen and oxygen atoms in total. The highest BCUT2D eigenvalue weighted by molar-refractivity contribution is 6.51. The maximum absolute atomic E-state index is 13.2. The van der Waals surface area contributed by atoms with E-state index in [9.17, 15) is 24.8 Å². The topological polar surface area (TPSA) is 119 Å². The van der Waals surface area contributed by atoms with Gasteiger partial charge in [0.05, 0.1) is 29.8 Å². The number of Topliss-reactive ketones (excluding diaryl/α,β-unsaturated/α-hetero) is 1. The number of para-hydroxylation sites is 1. The van der Waals surface area contributed by atoms with Crippen molar-refractivity contribution in [2.45, 2.75) is 13.0 Å². The van der Waals surface area contributed by atoms with Gasteiger partial charge in [0.1, 0.15) is 23.3 Å². The van der Waals surface area contributed by atoms with Gasteiger partial charge in [-0.2, -0.15) is 0 Å². The first-order chi connectivity index (χ1) is 16.9. The smallest absolute Gasteiger partial charge is 0.300 e. The largest absolute Gasteiger partial charge is 0.507 e. The molecule has 1 saturated heterocycles. The quantitative estimate of drug-likeness (QED) is 0.174. The van der Waals surface area contributed by atoms with Gasteiger partial charge in [-0.05, 0) is 61.5 Å². The Balaban J connectivity index is 1.93. The fraction of sp³-hybridized carbons (Fsp3) is 0.154. The fourth-order valence-corrected chi connectivity index (χ4v) is 4.05. The number of methoxy groups -OCH3 is 1. The highest BCUT2D eigenvalue weighted by atomic mass is 16.6. The van der Waals surface area contributed by atoms with Crippen molar-refractivity contribution in [2.24, 2.45) is 0 Å². The molecule has 4 rings (SSSR count). The fourth-order valence-electron chi connectivity index (χ4n) is 4.05. The summed E-state index contributed by atoms with van der Waals surface area (Å²) in [6.07, 6.45) is 0. The number of carbonyl (C=O) groups is 2. The lowest BCUT2D eigenvalue weighted by atomic mass is 9.94. The first-order valence-electron chi connectivity index (χ1n) is 10.8. The number of carbonyl (C=O) groups excluding carboxylic acids is 2. The molecule has 1 N–H and O–H groups in total. The van der Waals surface area contributed by atoms with Gasteiger partial charge in [-0.1, -0.05) is 12.1 Å². The van der Waals surface area contributed by atoms with Crippen LogP contribution in [0.3, 0.4) is 0 Å². The van der Waals surface area contributed by atoms with E-state index < -0.39 is 28.4 Å². The van der Waals surface area contributed by atoms with Crippen molar-refractivity contribution in [1.82, 2.24) is 0 Å². The highest BCUT2D eigenvalue weighted by Crippen LogP contribution is 2.45. The lowest BCUT2D eigenvalue weighted by Crippen LogP contribution is -2.29. The number of nitro benzene ring substituents is 1. The molecule has 1 amide bonds. The summed E-state index contributed by atoms with van der Waals surface area (Å²) in [4.78, 5) is 38.8. The van der Waals surface area contributed by atoms with Gasteiger partial charge < -0.3 is 14.6 Å². The standard InChI is InChI=1S/C26H22N2O7/c1-3-35-19-12-8-16(9-13-19)24(29)22-23(20-6-4-5-7-21(20)28(32)33)27(26(31)25(22)30)17-10-14-18(34-2)15-11-17/h4-15,23,29H,3H2,1-2H3/t23-/m0/s1. The number of amides is 1. The molecule has 35 heavy (non-hydrogen) atoms. The summed E-state index contributed by atoms with van der Waals surface area (Å²) in [5.74, 6) is -1.20. The van der Waals surface area contributed by atoms with Gasteiger partial charge >= 0.3 is 0 Å². The van der Waals surface area contributed by atoms with E-state index in [0.29, 0.717) is 23.8 Å². The van der Waals surface area contributed by atoms with E-state index in [4.69, 9.17) is 9.47 Å². The Labute approximate surface area is 201 Å². The minimum absolute atomic E-state index is 0.0972. The average molecular weight is 474 g/mol. The second kappa shape index (κ2) is 9.68. The maximum Gasteiger partial charge on any atom is 0.300 e. The molecule has 178 valence electrons. The first-order valence-corrected chi connectivity index (χ1v) is 10.8. The van der Waals surface area contributed by atoms with Crippen LogP contribution in [0.1, 0.15) is 24.1 Å². The zero-order chi connectivity index (χ0) is 25.1. The molecule has 1 fully saturated rings. The Morgan fingerprint density at radius 3 is 2.23 bits per heavy atom. The number of rotatable bonds is 7. The molecule has 1 heterocycles. The van der Waals surface area contributed by atoms with Gasteiger partial charge in [-0.15, -0.1) is 0 Å². The number of ether oxygens (including phenoxy) is 2. The van der Waals surface area contributed by atoms with Crippen molar-refractivity contribution < 1.29 is 29.1 Å². The first kappa shape index (κ1) is 23.5. The van der Waals surface area contributed by atoms with Crippen LogP contribution in [-0.4, -0.2) is 35.4 Å². The molecule has 3 aromatic rings. The van der Waals surface area contributed by atoms with Gasteiger partial charge in [0.2, 0.25) is 0 Å². The number of aliphatic hydroxyl groups excluding tert-OH is 1.